The molecule has 2 aromatic carbocycles. The van der Waals surface area contributed by atoms with E-state index >= 15 is 0 Å². The Balaban J connectivity index is 1.31. The van der Waals surface area contributed by atoms with Crippen molar-refractivity contribution in [2.75, 3.05) is 27.2 Å². The Bertz CT molecular complexity index is 1540. The van der Waals surface area contributed by atoms with Crippen molar-refractivity contribution in [3.05, 3.63) is 54.6 Å². The first-order valence-electron chi connectivity index (χ1n) is 13.2. The summed E-state index contributed by atoms with van der Waals surface area (Å²) >= 11 is 0. The summed E-state index contributed by atoms with van der Waals surface area (Å²) in [6.45, 7) is -1.10. The number of piperidine rings is 1. The summed E-state index contributed by atoms with van der Waals surface area (Å²) in [4.78, 5) is 15.1. The zero-order valence-electron chi connectivity index (χ0n) is 22.1. The van der Waals surface area contributed by atoms with Gasteiger partial charge in [-0.1, -0.05) is 6.07 Å². The lowest BCUT2D eigenvalue weighted by molar-refractivity contribution is -0.0502. The van der Waals surface area contributed by atoms with E-state index in [1.807, 2.05) is 29.1 Å². The van der Waals surface area contributed by atoms with Crippen LogP contribution in [0.15, 0.2) is 53.4 Å². The third kappa shape index (κ3) is 5.13. The van der Waals surface area contributed by atoms with Gasteiger partial charge in [-0.15, -0.1) is 0 Å². The minimum atomic E-state index is -3.18. The molecule has 2 aliphatic rings. The summed E-state index contributed by atoms with van der Waals surface area (Å²) in [6.07, 6.45) is 6.55. The normalized spacial score (nSPS) is 19.8. The average Bonchev–Trinajstić information content (AvgIpc) is 3.31. The quantitative estimate of drug-likeness (QED) is 0.302. The Hall–Kier alpha value is -3.99. The van der Waals surface area contributed by atoms with Gasteiger partial charge in [0.2, 0.25) is 0 Å². The number of alkyl halides is 3. The number of amides is 1. The monoisotopic (exact) mass is 554 g/mol. The molecular formula is C29H29F3N4O4. The minimum absolute atomic E-state index is 0.0222. The molecule has 1 saturated heterocycles. The van der Waals surface area contributed by atoms with Crippen LogP contribution in [0.5, 0.6) is 11.5 Å². The summed E-state index contributed by atoms with van der Waals surface area (Å²) in [5.41, 5.74) is 3.35. The van der Waals surface area contributed by atoms with Crippen molar-refractivity contribution in [2.45, 2.75) is 44.1 Å². The van der Waals surface area contributed by atoms with Crippen molar-refractivity contribution in [1.82, 2.24) is 20.0 Å². The first-order valence-corrected chi connectivity index (χ1v) is 13.2. The Morgan fingerprint density at radius 3 is 2.58 bits per heavy atom. The Morgan fingerprint density at radius 1 is 1.12 bits per heavy atom. The van der Waals surface area contributed by atoms with Gasteiger partial charge in [-0.05, 0) is 68.4 Å². The smallest absolute Gasteiger partial charge is 0.387 e. The van der Waals surface area contributed by atoms with Crippen molar-refractivity contribution in [1.29, 1.82) is 0 Å². The number of rotatable bonds is 8. The molecule has 2 fully saturated rings. The molecule has 210 valence electrons. The molecule has 4 aromatic rings. The van der Waals surface area contributed by atoms with Gasteiger partial charge >= 0.3 is 6.61 Å². The second-order valence-electron chi connectivity index (χ2n) is 10.4. The van der Waals surface area contributed by atoms with Crippen molar-refractivity contribution in [3.63, 3.8) is 0 Å². The number of fused-ring (bicyclic) bond motifs is 1. The molecule has 6 rings (SSSR count). The van der Waals surface area contributed by atoms with Crippen LogP contribution in [-0.4, -0.2) is 66.7 Å². The van der Waals surface area contributed by atoms with E-state index in [2.05, 4.69) is 28.6 Å². The van der Waals surface area contributed by atoms with Crippen LogP contribution in [0.3, 0.4) is 0 Å². The number of hydrogen-bond donors (Lipinski definition) is 1. The van der Waals surface area contributed by atoms with Crippen LogP contribution in [0.1, 0.15) is 35.7 Å². The van der Waals surface area contributed by atoms with Crippen molar-refractivity contribution in [3.8, 4) is 33.8 Å². The fourth-order valence-corrected chi connectivity index (χ4v) is 5.25. The van der Waals surface area contributed by atoms with E-state index in [-0.39, 0.29) is 23.5 Å². The number of aromatic nitrogens is 2. The number of carbonyl (C=O) groups excluding carboxylic acids is 1. The third-order valence-electron chi connectivity index (χ3n) is 7.64. The van der Waals surface area contributed by atoms with Crippen LogP contribution in [-0.2, 0) is 0 Å². The van der Waals surface area contributed by atoms with Gasteiger partial charge in [-0.2, -0.15) is 13.9 Å². The van der Waals surface area contributed by atoms with Crippen LogP contribution in [0.25, 0.3) is 33.2 Å². The maximum Gasteiger partial charge on any atom is 0.387 e. The molecule has 1 aliphatic heterocycles. The predicted octanol–water partition coefficient (Wildman–Crippen LogP) is 5.68. The lowest BCUT2D eigenvalue weighted by Crippen LogP contribution is -2.31. The highest BCUT2D eigenvalue weighted by Crippen LogP contribution is 2.40. The van der Waals surface area contributed by atoms with Crippen LogP contribution in [0.2, 0.25) is 0 Å². The number of nitrogens with zero attached hydrogens (tertiary/aromatic N) is 3. The largest absolute Gasteiger partial charge is 0.496 e. The number of methoxy groups -OCH3 is 1. The van der Waals surface area contributed by atoms with E-state index < -0.39 is 24.7 Å². The van der Waals surface area contributed by atoms with Crippen LogP contribution < -0.4 is 14.8 Å². The maximum atomic E-state index is 13.4. The van der Waals surface area contributed by atoms with E-state index in [1.165, 1.54) is 19.4 Å². The number of ether oxygens (including phenoxy) is 2. The number of carbonyl (C=O) groups is 1. The number of halogens is 3. The zero-order chi connectivity index (χ0) is 28.0. The Labute approximate surface area is 228 Å². The number of nitrogens with one attached hydrogen (secondary N) is 1. The summed E-state index contributed by atoms with van der Waals surface area (Å²) in [6, 6.07) is 8.37. The van der Waals surface area contributed by atoms with E-state index in [1.54, 1.807) is 6.07 Å². The summed E-state index contributed by atoms with van der Waals surface area (Å²) in [5, 5.41) is 7.83. The van der Waals surface area contributed by atoms with Gasteiger partial charge in [-0.3, -0.25) is 9.48 Å². The van der Waals surface area contributed by atoms with Gasteiger partial charge in [0.05, 0.1) is 31.7 Å². The molecular weight excluding hydrogens is 525 g/mol. The van der Waals surface area contributed by atoms with Crippen LogP contribution in [0, 0.1) is 0 Å². The molecule has 11 heteroatoms. The maximum absolute atomic E-state index is 13.4. The number of likely N-dealkylation sites (tertiary alicyclic amines) is 1. The second kappa shape index (κ2) is 10.5. The van der Waals surface area contributed by atoms with E-state index in [4.69, 9.17) is 13.9 Å². The third-order valence-corrected chi connectivity index (χ3v) is 7.64. The molecule has 3 heterocycles. The standard InChI is InChI=1S/C29H29F3N4O4/c1-35-7-5-19(6-8-35)36-14-18(13-33-36)16-3-4-20-21(15-39-24(20)9-16)17-10-25(38-2)27(26(11-17)40-29(31)32)28(37)34-23-12-22(23)30/h3-4,9-11,13-15,19,22-23,29H,5-8,12H2,1-2H3,(H,34,37)/t22-,23+/m0/s1. The zero-order valence-corrected chi connectivity index (χ0v) is 22.1. The molecule has 0 bridgehead atoms. The summed E-state index contributed by atoms with van der Waals surface area (Å²) in [7, 11) is 3.45. The number of benzene rings is 2. The Kier molecular flexibility index (Phi) is 6.91. The van der Waals surface area contributed by atoms with Crippen molar-refractivity contribution in [2.24, 2.45) is 0 Å². The molecule has 8 nitrogen and oxygen atoms in total. The molecule has 1 saturated carbocycles. The summed E-state index contributed by atoms with van der Waals surface area (Å²) < 4.78 is 58.0. The molecule has 2 aromatic heterocycles. The van der Waals surface area contributed by atoms with Gasteiger partial charge in [0.15, 0.2) is 0 Å². The topological polar surface area (TPSA) is 81.8 Å². The van der Waals surface area contributed by atoms with Crippen LogP contribution in [0.4, 0.5) is 13.2 Å². The molecule has 0 radical (unpaired) electrons. The molecule has 0 spiro atoms. The van der Waals surface area contributed by atoms with E-state index in [0.29, 0.717) is 22.8 Å². The minimum Gasteiger partial charge on any atom is -0.496 e. The molecule has 2 atom stereocenters. The Morgan fingerprint density at radius 2 is 1.88 bits per heavy atom. The fraction of sp³-hybridized carbons (Fsp3) is 0.379. The molecule has 1 N–H and O–H groups in total. The van der Waals surface area contributed by atoms with E-state index in [9.17, 15) is 18.0 Å². The highest BCUT2D eigenvalue weighted by molar-refractivity contribution is 6.02. The molecule has 40 heavy (non-hydrogen) atoms. The lowest BCUT2D eigenvalue weighted by atomic mass is 9.99. The molecule has 0 unspecified atom stereocenters. The second-order valence-corrected chi connectivity index (χ2v) is 10.4. The van der Waals surface area contributed by atoms with Gasteiger partial charge in [0.1, 0.15) is 28.8 Å². The SMILES string of the molecule is COc1cc(-c2coc3cc(-c4cnn(C5CCN(C)CC5)c4)ccc23)cc(OC(F)F)c1C(=O)N[C@@H]1C[C@@H]1F. The average molecular weight is 555 g/mol. The fourth-order valence-electron chi connectivity index (χ4n) is 5.25. The molecule has 1 aliphatic carbocycles. The molecule has 1 amide bonds. The van der Waals surface area contributed by atoms with Gasteiger partial charge in [0.25, 0.3) is 5.91 Å². The van der Waals surface area contributed by atoms with Gasteiger partial charge < -0.3 is 24.1 Å². The van der Waals surface area contributed by atoms with Crippen molar-refractivity contribution < 1.29 is 31.9 Å². The summed E-state index contributed by atoms with van der Waals surface area (Å²) in [5.74, 6) is -1.09. The predicted molar refractivity (Wildman–Crippen MR) is 143 cm³/mol. The van der Waals surface area contributed by atoms with Gasteiger partial charge in [-0.25, -0.2) is 4.39 Å². The van der Waals surface area contributed by atoms with E-state index in [0.717, 1.165) is 42.4 Å². The van der Waals surface area contributed by atoms with Gasteiger partial charge in [0, 0.05) is 29.1 Å². The highest BCUT2D eigenvalue weighted by atomic mass is 19.3. The first-order chi connectivity index (χ1) is 19.3. The number of furan rings is 1. The highest BCUT2D eigenvalue weighted by Gasteiger charge is 2.40. The lowest BCUT2D eigenvalue weighted by Gasteiger charge is -2.28. The van der Waals surface area contributed by atoms with Crippen LogP contribution >= 0.6 is 0 Å². The number of hydrogen-bond acceptors (Lipinski definition) is 6. The van der Waals surface area contributed by atoms with Crippen molar-refractivity contribution >= 4 is 16.9 Å². The first kappa shape index (κ1) is 26.2.